The van der Waals surface area contributed by atoms with Crippen molar-refractivity contribution in [3.63, 3.8) is 0 Å². The van der Waals surface area contributed by atoms with Gasteiger partial charge in [-0.2, -0.15) is 5.10 Å². The van der Waals surface area contributed by atoms with Gasteiger partial charge in [0.2, 0.25) is 0 Å². The van der Waals surface area contributed by atoms with E-state index >= 15 is 0 Å². The molecule has 0 spiro atoms. The van der Waals surface area contributed by atoms with Gasteiger partial charge < -0.3 is 20.1 Å². The Bertz CT molecular complexity index is 733. The van der Waals surface area contributed by atoms with Crippen LogP contribution < -0.4 is 15.4 Å². The highest BCUT2D eigenvalue weighted by atomic mass is 35.5. The second-order valence-electron chi connectivity index (χ2n) is 6.15. The van der Waals surface area contributed by atoms with Gasteiger partial charge in [-0.1, -0.05) is 12.1 Å². The zero-order valence-corrected chi connectivity index (χ0v) is 16.0. The van der Waals surface area contributed by atoms with Crippen molar-refractivity contribution >= 4 is 18.3 Å². The van der Waals surface area contributed by atoms with E-state index in [-0.39, 0.29) is 30.5 Å². The summed E-state index contributed by atoms with van der Waals surface area (Å²) >= 11 is 0. The van der Waals surface area contributed by atoms with Gasteiger partial charge >= 0.3 is 0 Å². The highest BCUT2D eigenvalue weighted by Crippen LogP contribution is 2.24. The molecule has 3 N–H and O–H groups in total. The molecular weight excluding hydrogens is 356 g/mol. The van der Waals surface area contributed by atoms with Crippen LogP contribution in [0.15, 0.2) is 24.3 Å². The van der Waals surface area contributed by atoms with Gasteiger partial charge in [0.05, 0.1) is 13.2 Å². The van der Waals surface area contributed by atoms with Crippen molar-refractivity contribution < 1.29 is 14.3 Å². The van der Waals surface area contributed by atoms with Gasteiger partial charge in [-0.25, -0.2) is 0 Å². The fraction of sp³-hybridized carbons (Fsp3) is 0.444. The topological polar surface area (TPSA) is 88.3 Å². The minimum atomic E-state index is -0.261. The van der Waals surface area contributed by atoms with E-state index in [9.17, 15) is 4.79 Å². The molecule has 2 unspecified atom stereocenters. The predicted octanol–water partition coefficient (Wildman–Crippen LogP) is 1.99. The fourth-order valence-electron chi connectivity index (χ4n) is 3.19. The molecule has 7 nitrogen and oxygen atoms in total. The van der Waals surface area contributed by atoms with Gasteiger partial charge in [-0.15, -0.1) is 12.4 Å². The number of aromatic nitrogens is 2. The van der Waals surface area contributed by atoms with Crippen molar-refractivity contribution in [2.75, 3.05) is 20.8 Å². The van der Waals surface area contributed by atoms with Gasteiger partial charge in [0.1, 0.15) is 11.9 Å². The maximum Gasteiger partial charge on any atom is 0.272 e. The summed E-state index contributed by atoms with van der Waals surface area (Å²) in [5, 5.41) is 13.4. The molecule has 26 heavy (non-hydrogen) atoms. The van der Waals surface area contributed by atoms with E-state index in [4.69, 9.17) is 9.47 Å². The number of carbonyl (C=O) groups is 1. The number of carbonyl (C=O) groups excluding carboxylic acids is 1. The van der Waals surface area contributed by atoms with Gasteiger partial charge in [-0.05, 0) is 24.6 Å². The Kier molecular flexibility index (Phi) is 7.02. The first-order valence-electron chi connectivity index (χ1n) is 8.38. The van der Waals surface area contributed by atoms with Crippen LogP contribution in [-0.4, -0.2) is 42.9 Å². The number of hydrogen-bond acceptors (Lipinski definition) is 5. The SMILES string of the molecule is COc1ccc(C(OC)C(C)NC(=O)c2n[nH]c3c2CNCC3)cc1.Cl. The number of nitrogens with zero attached hydrogens (tertiary/aromatic N) is 1. The third-order valence-electron chi connectivity index (χ3n) is 4.53. The highest BCUT2D eigenvalue weighted by molar-refractivity contribution is 5.94. The average molecular weight is 381 g/mol. The van der Waals surface area contributed by atoms with E-state index in [1.54, 1.807) is 14.2 Å². The molecule has 0 fully saturated rings. The predicted molar refractivity (Wildman–Crippen MR) is 101 cm³/mol. The van der Waals surface area contributed by atoms with Crippen LogP contribution in [0.2, 0.25) is 0 Å². The summed E-state index contributed by atoms with van der Waals surface area (Å²) in [4.78, 5) is 12.6. The first-order chi connectivity index (χ1) is 12.1. The third-order valence-corrected chi connectivity index (χ3v) is 4.53. The number of aromatic amines is 1. The second-order valence-corrected chi connectivity index (χ2v) is 6.15. The number of benzene rings is 1. The van der Waals surface area contributed by atoms with Crippen LogP contribution >= 0.6 is 12.4 Å². The van der Waals surface area contributed by atoms with Gasteiger partial charge in [0, 0.05) is 37.9 Å². The minimum Gasteiger partial charge on any atom is -0.497 e. The molecule has 0 saturated heterocycles. The summed E-state index contributed by atoms with van der Waals surface area (Å²) in [6.45, 7) is 3.48. The van der Waals surface area contributed by atoms with Crippen LogP contribution in [0.1, 0.15) is 40.3 Å². The normalized spacial score (nSPS) is 15.3. The summed E-state index contributed by atoms with van der Waals surface area (Å²) in [5.41, 5.74) is 3.42. The molecule has 1 aromatic carbocycles. The maximum absolute atomic E-state index is 12.6. The molecule has 1 aromatic heterocycles. The number of amides is 1. The number of fused-ring (bicyclic) bond motifs is 1. The van der Waals surface area contributed by atoms with Crippen molar-refractivity contribution in [1.29, 1.82) is 0 Å². The second kappa shape index (κ2) is 9.02. The molecule has 0 radical (unpaired) electrons. The van der Waals surface area contributed by atoms with Crippen LogP contribution in [0.5, 0.6) is 5.75 Å². The van der Waals surface area contributed by atoms with Crippen LogP contribution in [0.4, 0.5) is 0 Å². The van der Waals surface area contributed by atoms with Crippen LogP contribution in [0, 0.1) is 0 Å². The quantitative estimate of drug-likeness (QED) is 0.713. The van der Waals surface area contributed by atoms with Gasteiger partial charge in [-0.3, -0.25) is 9.89 Å². The monoisotopic (exact) mass is 380 g/mol. The lowest BCUT2D eigenvalue weighted by Gasteiger charge is -2.24. The lowest BCUT2D eigenvalue weighted by atomic mass is 10.0. The minimum absolute atomic E-state index is 0. The summed E-state index contributed by atoms with van der Waals surface area (Å²) in [5.74, 6) is 0.593. The van der Waals surface area contributed by atoms with E-state index in [0.717, 1.165) is 35.5 Å². The Balaban J connectivity index is 0.00000243. The van der Waals surface area contributed by atoms with E-state index < -0.39 is 0 Å². The van der Waals surface area contributed by atoms with E-state index in [2.05, 4.69) is 20.8 Å². The molecular formula is C18H25ClN4O3. The van der Waals surface area contributed by atoms with Crippen LogP contribution in [-0.2, 0) is 17.7 Å². The van der Waals surface area contributed by atoms with E-state index in [1.165, 1.54) is 0 Å². The number of hydrogen-bond donors (Lipinski definition) is 3. The molecule has 8 heteroatoms. The van der Waals surface area contributed by atoms with Crippen molar-refractivity contribution in [2.45, 2.75) is 32.0 Å². The maximum atomic E-state index is 12.6. The highest BCUT2D eigenvalue weighted by Gasteiger charge is 2.26. The Morgan fingerprint density at radius 2 is 2.00 bits per heavy atom. The summed E-state index contributed by atoms with van der Waals surface area (Å²) in [7, 11) is 3.27. The van der Waals surface area contributed by atoms with Crippen LogP contribution in [0.25, 0.3) is 0 Å². The number of halogens is 1. The molecule has 0 bridgehead atoms. The first kappa shape index (κ1) is 20.2. The number of H-pyrrole nitrogens is 1. The Morgan fingerprint density at radius 1 is 1.27 bits per heavy atom. The van der Waals surface area contributed by atoms with Crippen molar-refractivity contribution in [3.05, 3.63) is 46.8 Å². The molecule has 1 aliphatic heterocycles. The van der Waals surface area contributed by atoms with Gasteiger partial charge in [0.15, 0.2) is 5.69 Å². The fourth-order valence-corrected chi connectivity index (χ4v) is 3.19. The zero-order valence-electron chi connectivity index (χ0n) is 15.2. The standard InChI is InChI=1S/C18H24N4O3.ClH/c1-11(17(25-3)12-4-6-13(24-2)7-5-12)20-18(23)16-14-10-19-9-8-15(14)21-22-16;/h4-7,11,17,19H,8-10H2,1-3H3,(H,20,23)(H,21,22);1H. The summed E-state index contributed by atoms with van der Waals surface area (Å²) < 4.78 is 10.8. The molecule has 1 amide bonds. The lowest BCUT2D eigenvalue weighted by Crippen LogP contribution is -2.38. The molecule has 2 aromatic rings. The van der Waals surface area contributed by atoms with E-state index in [0.29, 0.717) is 12.2 Å². The van der Waals surface area contributed by atoms with Crippen molar-refractivity contribution in [2.24, 2.45) is 0 Å². The average Bonchev–Trinajstić information content (AvgIpc) is 3.07. The lowest BCUT2D eigenvalue weighted by molar-refractivity contribution is 0.0641. The van der Waals surface area contributed by atoms with Crippen molar-refractivity contribution in [1.82, 2.24) is 20.8 Å². The zero-order chi connectivity index (χ0) is 17.8. The molecule has 0 saturated carbocycles. The molecule has 142 valence electrons. The molecule has 3 rings (SSSR count). The smallest absolute Gasteiger partial charge is 0.272 e. The van der Waals surface area contributed by atoms with Crippen molar-refractivity contribution in [3.8, 4) is 5.75 Å². The number of nitrogens with one attached hydrogen (secondary N) is 3. The molecule has 2 heterocycles. The molecule has 2 atom stereocenters. The Hall–Kier alpha value is -2.09. The summed E-state index contributed by atoms with van der Waals surface area (Å²) in [6.07, 6.45) is 0.597. The molecule has 1 aliphatic rings. The van der Waals surface area contributed by atoms with Crippen LogP contribution in [0.3, 0.4) is 0 Å². The Labute approximate surface area is 159 Å². The number of methoxy groups -OCH3 is 2. The Morgan fingerprint density at radius 3 is 2.65 bits per heavy atom. The number of rotatable bonds is 6. The largest absolute Gasteiger partial charge is 0.497 e. The first-order valence-corrected chi connectivity index (χ1v) is 8.38. The number of ether oxygens (including phenoxy) is 2. The third kappa shape index (κ3) is 4.17. The van der Waals surface area contributed by atoms with E-state index in [1.807, 2.05) is 31.2 Å². The van der Waals surface area contributed by atoms with Gasteiger partial charge in [0.25, 0.3) is 5.91 Å². The summed E-state index contributed by atoms with van der Waals surface area (Å²) in [6, 6.07) is 7.43. The molecule has 0 aliphatic carbocycles.